The number of nitrogens with zero attached hydrogens (tertiary/aromatic N) is 3. The standard InChI is InChI=1S/C26H32N4O3/c1-33-19-25(31)27-16-8-2-3-15-24-28-21-12-5-7-14-23(21)30(24)18-26(32)29-17-9-11-20-10-4-6-13-22(20)29/h4-7,10,12-14H,2-3,8-9,11,15-19H2,1H3,(H,27,31). The minimum Gasteiger partial charge on any atom is -0.375 e. The summed E-state index contributed by atoms with van der Waals surface area (Å²) in [7, 11) is 1.51. The summed E-state index contributed by atoms with van der Waals surface area (Å²) in [6, 6.07) is 16.2. The number of fused-ring (bicyclic) bond motifs is 2. The smallest absolute Gasteiger partial charge is 0.246 e. The molecule has 1 N–H and O–H groups in total. The first-order valence-electron chi connectivity index (χ1n) is 11.8. The van der Waals surface area contributed by atoms with Crippen molar-refractivity contribution in [1.82, 2.24) is 14.9 Å². The van der Waals surface area contributed by atoms with Crippen molar-refractivity contribution in [2.24, 2.45) is 0 Å². The van der Waals surface area contributed by atoms with Gasteiger partial charge in [0, 0.05) is 32.3 Å². The molecular formula is C26H32N4O3. The van der Waals surface area contributed by atoms with Crippen LogP contribution in [0.1, 0.15) is 37.1 Å². The minimum absolute atomic E-state index is 0.0860. The van der Waals surface area contributed by atoms with E-state index in [1.807, 2.05) is 47.4 Å². The van der Waals surface area contributed by atoms with E-state index in [9.17, 15) is 9.59 Å². The number of para-hydroxylation sites is 3. The highest BCUT2D eigenvalue weighted by Gasteiger charge is 2.23. The molecule has 7 nitrogen and oxygen atoms in total. The molecule has 0 atom stereocenters. The van der Waals surface area contributed by atoms with Gasteiger partial charge in [-0.05, 0) is 49.4 Å². The molecule has 7 heteroatoms. The summed E-state index contributed by atoms with van der Waals surface area (Å²) in [6.45, 7) is 1.79. The first-order chi connectivity index (χ1) is 16.2. The molecule has 1 aromatic heterocycles. The van der Waals surface area contributed by atoms with Crippen LogP contribution in [0.5, 0.6) is 0 Å². The van der Waals surface area contributed by atoms with Crippen molar-refractivity contribution in [3.05, 3.63) is 59.9 Å². The van der Waals surface area contributed by atoms with E-state index in [1.165, 1.54) is 12.7 Å². The van der Waals surface area contributed by atoms with Crippen LogP contribution in [0.2, 0.25) is 0 Å². The Morgan fingerprint density at radius 1 is 1.06 bits per heavy atom. The lowest BCUT2D eigenvalue weighted by atomic mass is 10.0. The lowest BCUT2D eigenvalue weighted by Crippen LogP contribution is -2.38. The SMILES string of the molecule is COCC(=O)NCCCCCc1nc2ccccc2n1CC(=O)N1CCCc2ccccc21. The summed E-state index contributed by atoms with van der Waals surface area (Å²) in [6.07, 6.45) is 5.63. The van der Waals surface area contributed by atoms with Gasteiger partial charge in [-0.1, -0.05) is 36.8 Å². The van der Waals surface area contributed by atoms with Crippen molar-refractivity contribution >= 4 is 28.5 Å². The second-order valence-corrected chi connectivity index (χ2v) is 8.47. The van der Waals surface area contributed by atoms with Crippen LogP contribution in [-0.2, 0) is 33.7 Å². The van der Waals surface area contributed by atoms with Crippen molar-refractivity contribution < 1.29 is 14.3 Å². The number of hydrogen-bond donors (Lipinski definition) is 1. The molecule has 0 radical (unpaired) electrons. The van der Waals surface area contributed by atoms with Gasteiger partial charge in [0.2, 0.25) is 11.8 Å². The molecule has 1 aliphatic heterocycles. The number of anilines is 1. The van der Waals surface area contributed by atoms with E-state index >= 15 is 0 Å². The molecule has 3 aromatic rings. The number of ether oxygens (including phenoxy) is 1. The molecule has 2 aromatic carbocycles. The van der Waals surface area contributed by atoms with Crippen molar-refractivity contribution in [1.29, 1.82) is 0 Å². The highest BCUT2D eigenvalue weighted by atomic mass is 16.5. The monoisotopic (exact) mass is 448 g/mol. The minimum atomic E-state index is -0.0860. The number of aryl methyl sites for hydroxylation is 2. The summed E-state index contributed by atoms with van der Waals surface area (Å²) in [5.74, 6) is 0.961. The Kier molecular flexibility index (Phi) is 7.73. The molecule has 33 heavy (non-hydrogen) atoms. The second-order valence-electron chi connectivity index (χ2n) is 8.47. The maximum absolute atomic E-state index is 13.4. The summed E-state index contributed by atoms with van der Waals surface area (Å²) < 4.78 is 6.90. The van der Waals surface area contributed by atoms with Crippen molar-refractivity contribution in [3.63, 3.8) is 0 Å². The Balaban J connectivity index is 1.42. The van der Waals surface area contributed by atoms with Gasteiger partial charge in [-0.15, -0.1) is 0 Å². The lowest BCUT2D eigenvalue weighted by molar-refractivity contribution is -0.124. The van der Waals surface area contributed by atoms with Crippen LogP contribution in [0.25, 0.3) is 11.0 Å². The van der Waals surface area contributed by atoms with Crippen LogP contribution in [0, 0.1) is 0 Å². The zero-order chi connectivity index (χ0) is 23.0. The quantitative estimate of drug-likeness (QED) is 0.482. The van der Waals surface area contributed by atoms with Gasteiger partial charge in [0.05, 0.1) is 11.0 Å². The Morgan fingerprint density at radius 2 is 1.88 bits per heavy atom. The van der Waals surface area contributed by atoms with E-state index in [2.05, 4.69) is 16.0 Å². The van der Waals surface area contributed by atoms with Crippen molar-refractivity contribution in [2.75, 3.05) is 31.7 Å². The Morgan fingerprint density at radius 3 is 2.76 bits per heavy atom. The third kappa shape index (κ3) is 5.60. The molecule has 0 spiro atoms. The predicted molar refractivity (Wildman–Crippen MR) is 129 cm³/mol. The molecule has 1 aliphatic rings. The normalized spacial score (nSPS) is 13.2. The first-order valence-corrected chi connectivity index (χ1v) is 11.8. The van der Waals surface area contributed by atoms with Gasteiger partial charge in [0.15, 0.2) is 0 Å². The van der Waals surface area contributed by atoms with E-state index in [1.54, 1.807) is 0 Å². The molecule has 2 heterocycles. The van der Waals surface area contributed by atoms with Gasteiger partial charge in [0.1, 0.15) is 19.0 Å². The number of imidazole rings is 1. The Labute approximate surface area is 194 Å². The number of rotatable bonds is 10. The zero-order valence-electron chi connectivity index (χ0n) is 19.3. The molecule has 0 bridgehead atoms. The van der Waals surface area contributed by atoms with E-state index in [-0.39, 0.29) is 25.0 Å². The molecule has 0 saturated heterocycles. The summed E-state index contributed by atoms with van der Waals surface area (Å²) >= 11 is 0. The number of carbonyl (C=O) groups is 2. The van der Waals surface area contributed by atoms with E-state index in [0.29, 0.717) is 6.54 Å². The molecule has 0 aliphatic carbocycles. The van der Waals surface area contributed by atoms with Crippen LogP contribution in [-0.4, -0.2) is 48.2 Å². The molecule has 0 saturated carbocycles. The average molecular weight is 449 g/mol. The maximum atomic E-state index is 13.4. The molecule has 2 amide bonds. The highest BCUT2D eigenvalue weighted by Crippen LogP contribution is 2.27. The number of unbranched alkanes of at least 4 members (excludes halogenated alkanes) is 2. The number of methoxy groups -OCH3 is 1. The summed E-state index contributed by atoms with van der Waals surface area (Å²) in [5.41, 5.74) is 4.20. The van der Waals surface area contributed by atoms with Gasteiger partial charge in [-0.3, -0.25) is 9.59 Å². The zero-order valence-corrected chi connectivity index (χ0v) is 19.3. The van der Waals surface area contributed by atoms with E-state index in [4.69, 9.17) is 9.72 Å². The number of benzene rings is 2. The largest absolute Gasteiger partial charge is 0.375 e. The van der Waals surface area contributed by atoms with Gasteiger partial charge < -0.3 is 19.5 Å². The van der Waals surface area contributed by atoms with Crippen molar-refractivity contribution in [2.45, 2.75) is 45.1 Å². The van der Waals surface area contributed by atoms with Gasteiger partial charge >= 0.3 is 0 Å². The predicted octanol–water partition coefficient (Wildman–Crippen LogP) is 3.49. The van der Waals surface area contributed by atoms with Crippen LogP contribution in [0.4, 0.5) is 5.69 Å². The average Bonchev–Trinajstić information content (AvgIpc) is 3.18. The van der Waals surface area contributed by atoms with Gasteiger partial charge in [-0.25, -0.2) is 4.98 Å². The number of carbonyl (C=O) groups excluding carboxylic acids is 2. The Bertz CT molecular complexity index is 1110. The van der Waals surface area contributed by atoms with E-state index < -0.39 is 0 Å². The highest BCUT2D eigenvalue weighted by molar-refractivity contribution is 5.95. The number of amides is 2. The number of hydrogen-bond acceptors (Lipinski definition) is 4. The molecule has 4 rings (SSSR count). The summed E-state index contributed by atoms with van der Waals surface area (Å²) in [4.78, 5) is 31.6. The fraction of sp³-hybridized carbons (Fsp3) is 0.423. The van der Waals surface area contributed by atoms with Crippen LogP contribution < -0.4 is 10.2 Å². The Hall–Kier alpha value is -3.19. The summed E-state index contributed by atoms with van der Waals surface area (Å²) in [5, 5.41) is 2.85. The van der Waals surface area contributed by atoms with Crippen LogP contribution >= 0.6 is 0 Å². The van der Waals surface area contributed by atoms with Crippen LogP contribution in [0.15, 0.2) is 48.5 Å². The lowest BCUT2D eigenvalue weighted by Gasteiger charge is -2.29. The van der Waals surface area contributed by atoms with Crippen LogP contribution in [0.3, 0.4) is 0 Å². The van der Waals surface area contributed by atoms with Gasteiger partial charge in [0.25, 0.3) is 0 Å². The van der Waals surface area contributed by atoms with Gasteiger partial charge in [-0.2, -0.15) is 0 Å². The first kappa shape index (κ1) is 23.0. The molecule has 0 unspecified atom stereocenters. The third-order valence-electron chi connectivity index (χ3n) is 6.11. The second kappa shape index (κ2) is 11.1. The third-order valence-corrected chi connectivity index (χ3v) is 6.11. The molecule has 174 valence electrons. The fourth-order valence-electron chi connectivity index (χ4n) is 4.50. The molecular weight excluding hydrogens is 416 g/mol. The van der Waals surface area contributed by atoms with Crippen molar-refractivity contribution in [3.8, 4) is 0 Å². The van der Waals surface area contributed by atoms with E-state index in [0.717, 1.165) is 67.6 Å². The number of nitrogens with one attached hydrogen (secondary N) is 1. The number of aromatic nitrogens is 2. The topological polar surface area (TPSA) is 76.5 Å². The maximum Gasteiger partial charge on any atom is 0.246 e. The fourth-order valence-corrected chi connectivity index (χ4v) is 4.50. The molecule has 0 fully saturated rings.